The highest BCUT2D eigenvalue weighted by Crippen LogP contribution is 2.16. The molecule has 0 amide bonds. The lowest BCUT2D eigenvalue weighted by atomic mass is 10.1. The second kappa shape index (κ2) is 7.63. The van der Waals surface area contributed by atoms with Crippen molar-refractivity contribution in [2.75, 3.05) is 5.32 Å². The van der Waals surface area contributed by atoms with Gasteiger partial charge < -0.3 is 5.32 Å². The van der Waals surface area contributed by atoms with Crippen molar-refractivity contribution < 1.29 is 4.92 Å². The zero-order chi connectivity index (χ0) is 13.4. The molecule has 5 nitrogen and oxygen atoms in total. The molecule has 1 heterocycles. The Morgan fingerprint density at radius 3 is 2.89 bits per heavy atom. The molecular weight excluding hydrogens is 230 g/mol. The molecule has 0 saturated carbocycles. The number of anilines is 1. The molecule has 0 bridgehead atoms. The molecule has 0 spiro atoms. The van der Waals surface area contributed by atoms with Crippen molar-refractivity contribution in [3.8, 4) is 0 Å². The summed E-state index contributed by atoms with van der Waals surface area (Å²) in [4.78, 5) is 14.3. The van der Waals surface area contributed by atoms with E-state index in [4.69, 9.17) is 0 Å². The highest BCUT2D eigenvalue weighted by atomic mass is 16.6. The Morgan fingerprint density at radius 2 is 2.22 bits per heavy atom. The number of nitrogens with zero attached hydrogens (tertiary/aromatic N) is 2. The molecule has 0 aliphatic carbocycles. The number of nitrogens with one attached hydrogen (secondary N) is 1. The molecule has 18 heavy (non-hydrogen) atoms. The van der Waals surface area contributed by atoms with Gasteiger partial charge in [-0.2, -0.15) is 0 Å². The fourth-order valence-electron chi connectivity index (χ4n) is 1.81. The van der Waals surface area contributed by atoms with E-state index in [1.54, 1.807) is 0 Å². The van der Waals surface area contributed by atoms with Gasteiger partial charge in [-0.1, -0.05) is 32.6 Å². The van der Waals surface area contributed by atoms with E-state index >= 15 is 0 Å². The molecule has 0 radical (unpaired) electrons. The first-order valence-electron chi connectivity index (χ1n) is 6.50. The monoisotopic (exact) mass is 251 g/mol. The molecule has 0 aliphatic heterocycles. The van der Waals surface area contributed by atoms with E-state index in [9.17, 15) is 10.1 Å². The van der Waals surface area contributed by atoms with E-state index in [-0.39, 0.29) is 11.7 Å². The molecule has 1 atom stereocenters. The van der Waals surface area contributed by atoms with Gasteiger partial charge in [0.15, 0.2) is 0 Å². The molecule has 1 N–H and O–H groups in total. The lowest BCUT2D eigenvalue weighted by Crippen LogP contribution is -2.15. The standard InChI is InChI=1S/C13H21N3O2/c1-3-4-5-6-7-11(2)15-13-10-12(16(17)18)8-9-14-13/h8-11H,3-7H2,1-2H3,(H,14,15). The van der Waals surface area contributed by atoms with Crippen LogP contribution in [0.2, 0.25) is 0 Å². The van der Waals surface area contributed by atoms with Crippen LogP contribution in [0.25, 0.3) is 0 Å². The minimum atomic E-state index is -0.404. The van der Waals surface area contributed by atoms with Gasteiger partial charge in [-0.15, -0.1) is 0 Å². The van der Waals surface area contributed by atoms with Crippen LogP contribution < -0.4 is 5.32 Å². The molecule has 0 saturated heterocycles. The first-order valence-corrected chi connectivity index (χ1v) is 6.50. The topological polar surface area (TPSA) is 68.1 Å². The third-order valence-corrected chi connectivity index (χ3v) is 2.84. The summed E-state index contributed by atoms with van der Waals surface area (Å²) >= 11 is 0. The van der Waals surface area contributed by atoms with Gasteiger partial charge in [0.1, 0.15) is 5.82 Å². The van der Waals surface area contributed by atoms with Gasteiger partial charge in [0.05, 0.1) is 11.0 Å². The maximum Gasteiger partial charge on any atom is 0.274 e. The van der Waals surface area contributed by atoms with E-state index in [0.717, 1.165) is 6.42 Å². The Balaban J connectivity index is 2.41. The number of unbranched alkanes of at least 4 members (excludes halogenated alkanes) is 3. The normalized spacial score (nSPS) is 12.1. The Labute approximate surface area is 108 Å². The zero-order valence-electron chi connectivity index (χ0n) is 11.1. The molecule has 1 aromatic rings. The van der Waals surface area contributed by atoms with Gasteiger partial charge in [0, 0.05) is 18.3 Å². The summed E-state index contributed by atoms with van der Waals surface area (Å²) in [5.74, 6) is 0.576. The maximum atomic E-state index is 10.6. The van der Waals surface area contributed by atoms with Crippen molar-refractivity contribution in [3.05, 3.63) is 28.4 Å². The van der Waals surface area contributed by atoms with E-state index in [0.29, 0.717) is 5.82 Å². The molecule has 1 rings (SSSR count). The number of hydrogen-bond donors (Lipinski definition) is 1. The second-order valence-corrected chi connectivity index (χ2v) is 4.55. The molecule has 100 valence electrons. The summed E-state index contributed by atoms with van der Waals surface area (Å²) in [7, 11) is 0. The average Bonchev–Trinajstić information content (AvgIpc) is 2.35. The van der Waals surface area contributed by atoms with Crippen molar-refractivity contribution in [1.82, 2.24) is 4.98 Å². The van der Waals surface area contributed by atoms with Gasteiger partial charge in [0.2, 0.25) is 0 Å². The van der Waals surface area contributed by atoms with Crippen molar-refractivity contribution in [3.63, 3.8) is 0 Å². The smallest absolute Gasteiger partial charge is 0.274 e. The molecule has 1 unspecified atom stereocenters. The first kappa shape index (κ1) is 14.4. The van der Waals surface area contributed by atoms with E-state index in [1.807, 2.05) is 0 Å². The van der Waals surface area contributed by atoms with Crippen molar-refractivity contribution in [1.29, 1.82) is 0 Å². The van der Waals surface area contributed by atoms with Gasteiger partial charge in [-0.3, -0.25) is 10.1 Å². The summed E-state index contributed by atoms with van der Waals surface area (Å²) in [6.45, 7) is 4.27. The molecule has 0 aliphatic rings. The van der Waals surface area contributed by atoms with Crippen LogP contribution in [0, 0.1) is 10.1 Å². The Kier molecular flexibility index (Phi) is 6.11. The SMILES string of the molecule is CCCCCCC(C)Nc1cc([N+](=O)[O-])ccn1. The number of pyridine rings is 1. The van der Waals surface area contributed by atoms with Crippen LogP contribution in [0.1, 0.15) is 46.0 Å². The number of aromatic nitrogens is 1. The Bertz CT molecular complexity index is 382. The van der Waals surface area contributed by atoms with Gasteiger partial charge in [0.25, 0.3) is 5.69 Å². The van der Waals surface area contributed by atoms with Crippen LogP contribution in [-0.2, 0) is 0 Å². The van der Waals surface area contributed by atoms with Crippen LogP contribution in [-0.4, -0.2) is 15.9 Å². The number of nitro groups is 1. The van der Waals surface area contributed by atoms with Gasteiger partial charge in [-0.05, 0) is 13.3 Å². The molecule has 1 aromatic heterocycles. The minimum Gasteiger partial charge on any atom is -0.367 e. The van der Waals surface area contributed by atoms with Crippen molar-refractivity contribution >= 4 is 11.5 Å². The Morgan fingerprint density at radius 1 is 1.44 bits per heavy atom. The summed E-state index contributed by atoms with van der Waals surface area (Å²) in [6.07, 6.45) is 7.44. The van der Waals surface area contributed by atoms with Crippen molar-refractivity contribution in [2.24, 2.45) is 0 Å². The molecule has 0 aromatic carbocycles. The lowest BCUT2D eigenvalue weighted by Gasteiger charge is -2.13. The van der Waals surface area contributed by atoms with E-state index < -0.39 is 4.92 Å². The first-order chi connectivity index (χ1) is 8.63. The summed E-state index contributed by atoms with van der Waals surface area (Å²) < 4.78 is 0. The zero-order valence-corrected chi connectivity index (χ0v) is 11.1. The lowest BCUT2D eigenvalue weighted by molar-refractivity contribution is -0.384. The molecule has 0 fully saturated rings. The summed E-state index contributed by atoms with van der Waals surface area (Å²) in [5, 5.41) is 13.8. The highest BCUT2D eigenvalue weighted by Gasteiger charge is 2.08. The summed E-state index contributed by atoms with van der Waals surface area (Å²) in [6, 6.07) is 3.16. The van der Waals surface area contributed by atoms with Crippen molar-refractivity contribution in [2.45, 2.75) is 52.0 Å². The third kappa shape index (κ3) is 5.12. The summed E-state index contributed by atoms with van der Waals surface area (Å²) in [5.41, 5.74) is 0.0747. The van der Waals surface area contributed by atoms with Crippen LogP contribution in [0.3, 0.4) is 0 Å². The predicted octanol–water partition coefficient (Wildman–Crippen LogP) is 3.76. The maximum absolute atomic E-state index is 10.6. The van der Waals surface area contributed by atoms with Crippen LogP contribution >= 0.6 is 0 Å². The molecular formula is C13H21N3O2. The van der Waals surface area contributed by atoms with E-state index in [1.165, 1.54) is 44.0 Å². The van der Waals surface area contributed by atoms with Crippen LogP contribution in [0.15, 0.2) is 18.3 Å². The minimum absolute atomic E-state index is 0.0747. The predicted molar refractivity (Wildman–Crippen MR) is 72.7 cm³/mol. The quantitative estimate of drug-likeness (QED) is 0.434. The van der Waals surface area contributed by atoms with Gasteiger partial charge >= 0.3 is 0 Å². The van der Waals surface area contributed by atoms with E-state index in [2.05, 4.69) is 24.1 Å². The molecule has 5 heteroatoms. The fraction of sp³-hybridized carbons (Fsp3) is 0.615. The number of rotatable bonds is 8. The van der Waals surface area contributed by atoms with Crippen LogP contribution in [0.4, 0.5) is 11.5 Å². The average molecular weight is 251 g/mol. The highest BCUT2D eigenvalue weighted by molar-refractivity contribution is 5.44. The second-order valence-electron chi connectivity index (χ2n) is 4.55. The third-order valence-electron chi connectivity index (χ3n) is 2.84. The largest absolute Gasteiger partial charge is 0.367 e. The number of hydrogen-bond acceptors (Lipinski definition) is 4. The van der Waals surface area contributed by atoms with Crippen LogP contribution in [0.5, 0.6) is 0 Å². The Hall–Kier alpha value is -1.65. The van der Waals surface area contributed by atoms with Gasteiger partial charge in [-0.25, -0.2) is 4.98 Å². The fourth-order valence-corrected chi connectivity index (χ4v) is 1.81.